The van der Waals surface area contributed by atoms with Gasteiger partial charge in [-0.1, -0.05) is 12.2 Å². The minimum absolute atomic E-state index is 0.170. The van der Waals surface area contributed by atoms with E-state index in [-0.39, 0.29) is 5.75 Å². The molecule has 0 aromatic heterocycles. The summed E-state index contributed by atoms with van der Waals surface area (Å²) in [4.78, 5) is 0. The fraction of sp³-hybridized carbons (Fsp3) is 0.800. The van der Waals surface area contributed by atoms with Crippen molar-refractivity contribution in [1.82, 2.24) is 0 Å². The Bertz CT molecular complexity index is 305. The maximum absolute atomic E-state index is 10.9. The second-order valence-electron chi connectivity index (χ2n) is 4.13. The molecule has 0 aromatic rings. The average Bonchev–Trinajstić information content (AvgIpc) is 2.02. The Morgan fingerprint density at radius 2 is 2.21 bits per heavy atom. The van der Waals surface area contributed by atoms with Crippen LogP contribution in [0.2, 0.25) is 0 Å². The number of sulfone groups is 1. The van der Waals surface area contributed by atoms with Gasteiger partial charge in [-0.25, -0.2) is 8.42 Å². The predicted molar refractivity (Wildman–Crippen MR) is 56.9 cm³/mol. The summed E-state index contributed by atoms with van der Waals surface area (Å²) in [6.07, 6.45) is 8.89. The van der Waals surface area contributed by atoms with Crippen LogP contribution in [0.5, 0.6) is 0 Å². The molecule has 14 heavy (non-hydrogen) atoms. The van der Waals surface area contributed by atoms with Crippen LogP contribution in [0.15, 0.2) is 12.2 Å². The Labute approximate surface area is 85.7 Å². The van der Waals surface area contributed by atoms with Gasteiger partial charge in [0, 0.05) is 12.0 Å². The molecule has 0 heterocycles. The van der Waals surface area contributed by atoms with E-state index in [9.17, 15) is 13.5 Å². The molecule has 0 amide bonds. The molecule has 0 spiro atoms. The molecule has 0 saturated carbocycles. The van der Waals surface area contributed by atoms with E-state index in [4.69, 9.17) is 0 Å². The topological polar surface area (TPSA) is 54.4 Å². The third-order valence-electron chi connectivity index (χ3n) is 2.53. The number of aliphatic hydroxyl groups is 1. The lowest BCUT2D eigenvalue weighted by Crippen LogP contribution is -2.28. The molecule has 1 rings (SSSR count). The van der Waals surface area contributed by atoms with Gasteiger partial charge in [-0.05, 0) is 32.1 Å². The molecular weight excluding hydrogens is 200 g/mol. The Hall–Kier alpha value is -0.350. The fourth-order valence-electron chi connectivity index (χ4n) is 1.76. The predicted octanol–water partition coefficient (Wildman–Crippen LogP) is 1.28. The van der Waals surface area contributed by atoms with Gasteiger partial charge in [-0.15, -0.1) is 0 Å². The molecule has 1 N–H and O–H groups in total. The van der Waals surface area contributed by atoms with Crippen LogP contribution in [0.3, 0.4) is 0 Å². The normalized spacial score (nSPS) is 27.9. The van der Waals surface area contributed by atoms with Gasteiger partial charge in [-0.3, -0.25) is 0 Å². The van der Waals surface area contributed by atoms with Gasteiger partial charge in [0.1, 0.15) is 9.84 Å². The monoisotopic (exact) mass is 218 g/mol. The van der Waals surface area contributed by atoms with E-state index in [1.165, 1.54) is 6.26 Å². The van der Waals surface area contributed by atoms with Crippen molar-refractivity contribution in [3.05, 3.63) is 12.2 Å². The minimum Gasteiger partial charge on any atom is -0.386 e. The van der Waals surface area contributed by atoms with Gasteiger partial charge in [0.2, 0.25) is 0 Å². The van der Waals surface area contributed by atoms with E-state index in [1.807, 2.05) is 12.2 Å². The Balaban J connectivity index is 2.37. The summed E-state index contributed by atoms with van der Waals surface area (Å²) in [5.74, 6) is 0.170. The standard InChI is InChI=1S/C10H18O3S/c1-14(12,13)9-5-8-10(11)6-3-2-4-7-10/h3,6,11H,2,4-5,7-9H2,1H3. The summed E-state index contributed by atoms with van der Waals surface area (Å²) >= 11 is 0. The van der Waals surface area contributed by atoms with Crippen molar-refractivity contribution in [1.29, 1.82) is 0 Å². The van der Waals surface area contributed by atoms with Crippen molar-refractivity contribution in [2.45, 2.75) is 37.7 Å². The van der Waals surface area contributed by atoms with E-state index in [0.717, 1.165) is 19.3 Å². The number of rotatable bonds is 4. The highest BCUT2D eigenvalue weighted by Crippen LogP contribution is 2.26. The van der Waals surface area contributed by atoms with Crippen LogP contribution < -0.4 is 0 Å². The second-order valence-corrected chi connectivity index (χ2v) is 6.39. The molecule has 3 nitrogen and oxygen atoms in total. The summed E-state index contributed by atoms with van der Waals surface area (Å²) < 4.78 is 21.8. The summed E-state index contributed by atoms with van der Waals surface area (Å²) in [6.45, 7) is 0. The van der Waals surface area contributed by atoms with E-state index in [0.29, 0.717) is 12.8 Å². The molecule has 4 heteroatoms. The molecule has 0 aromatic carbocycles. The van der Waals surface area contributed by atoms with Gasteiger partial charge >= 0.3 is 0 Å². The first-order chi connectivity index (χ1) is 6.41. The highest BCUT2D eigenvalue weighted by Gasteiger charge is 2.24. The van der Waals surface area contributed by atoms with Crippen molar-refractivity contribution >= 4 is 9.84 Å². The molecule has 1 aliphatic carbocycles. The maximum atomic E-state index is 10.9. The van der Waals surface area contributed by atoms with Gasteiger partial charge in [0.05, 0.1) is 5.60 Å². The van der Waals surface area contributed by atoms with Gasteiger partial charge in [0.25, 0.3) is 0 Å². The summed E-state index contributed by atoms with van der Waals surface area (Å²) in [7, 11) is -2.89. The molecule has 0 fully saturated rings. The third-order valence-corrected chi connectivity index (χ3v) is 3.56. The highest BCUT2D eigenvalue weighted by atomic mass is 32.2. The van der Waals surface area contributed by atoms with Crippen LogP contribution in [0, 0.1) is 0 Å². The lowest BCUT2D eigenvalue weighted by Gasteiger charge is -2.27. The third kappa shape index (κ3) is 4.24. The van der Waals surface area contributed by atoms with E-state index in [2.05, 4.69) is 0 Å². The lowest BCUT2D eigenvalue weighted by atomic mass is 9.87. The summed E-state index contributed by atoms with van der Waals surface area (Å²) in [5.41, 5.74) is -0.747. The quantitative estimate of drug-likeness (QED) is 0.723. The summed E-state index contributed by atoms with van der Waals surface area (Å²) in [6, 6.07) is 0. The number of hydrogen-bond acceptors (Lipinski definition) is 3. The van der Waals surface area contributed by atoms with Gasteiger partial charge in [-0.2, -0.15) is 0 Å². The van der Waals surface area contributed by atoms with Crippen molar-refractivity contribution in [3.63, 3.8) is 0 Å². The van der Waals surface area contributed by atoms with Crippen LogP contribution in [0.1, 0.15) is 32.1 Å². The number of hydrogen-bond donors (Lipinski definition) is 1. The smallest absolute Gasteiger partial charge is 0.147 e. The molecular formula is C10H18O3S. The molecule has 82 valence electrons. The van der Waals surface area contributed by atoms with Crippen LogP contribution in [-0.4, -0.2) is 31.1 Å². The van der Waals surface area contributed by atoms with Gasteiger partial charge < -0.3 is 5.11 Å². The Kier molecular flexibility index (Phi) is 3.72. The molecule has 0 aliphatic heterocycles. The number of allylic oxidation sites excluding steroid dienone is 1. The fourth-order valence-corrected chi connectivity index (χ4v) is 2.43. The van der Waals surface area contributed by atoms with Crippen molar-refractivity contribution in [2.24, 2.45) is 0 Å². The SMILES string of the molecule is CS(=O)(=O)CCCC1(O)C=CCCC1. The molecule has 0 radical (unpaired) electrons. The first-order valence-electron chi connectivity index (χ1n) is 4.99. The Morgan fingerprint density at radius 1 is 1.50 bits per heavy atom. The zero-order chi connectivity index (χ0) is 10.7. The van der Waals surface area contributed by atoms with Crippen molar-refractivity contribution < 1.29 is 13.5 Å². The van der Waals surface area contributed by atoms with Crippen molar-refractivity contribution in [2.75, 3.05) is 12.0 Å². The molecule has 1 unspecified atom stereocenters. The van der Waals surface area contributed by atoms with Crippen molar-refractivity contribution in [3.8, 4) is 0 Å². The first kappa shape index (κ1) is 11.7. The van der Waals surface area contributed by atoms with Crippen LogP contribution in [0.4, 0.5) is 0 Å². The Morgan fingerprint density at radius 3 is 2.71 bits per heavy atom. The minimum atomic E-state index is -2.89. The summed E-state index contributed by atoms with van der Waals surface area (Å²) in [5, 5.41) is 9.99. The maximum Gasteiger partial charge on any atom is 0.147 e. The molecule has 0 bridgehead atoms. The zero-order valence-corrected chi connectivity index (χ0v) is 9.39. The van der Waals surface area contributed by atoms with Gasteiger partial charge in [0.15, 0.2) is 0 Å². The first-order valence-corrected chi connectivity index (χ1v) is 7.05. The van der Waals surface area contributed by atoms with E-state index in [1.54, 1.807) is 0 Å². The van der Waals surface area contributed by atoms with Crippen LogP contribution in [0.25, 0.3) is 0 Å². The molecule has 1 atom stereocenters. The molecule has 0 saturated heterocycles. The van der Waals surface area contributed by atoms with E-state index < -0.39 is 15.4 Å². The highest BCUT2D eigenvalue weighted by molar-refractivity contribution is 7.90. The average molecular weight is 218 g/mol. The largest absolute Gasteiger partial charge is 0.386 e. The lowest BCUT2D eigenvalue weighted by molar-refractivity contribution is 0.0651. The molecule has 1 aliphatic rings. The second kappa shape index (κ2) is 4.45. The van der Waals surface area contributed by atoms with Crippen LogP contribution >= 0.6 is 0 Å². The van der Waals surface area contributed by atoms with Crippen LogP contribution in [-0.2, 0) is 9.84 Å². The zero-order valence-electron chi connectivity index (χ0n) is 8.57. The van der Waals surface area contributed by atoms with E-state index >= 15 is 0 Å².